The van der Waals surface area contributed by atoms with Crippen molar-refractivity contribution in [1.29, 1.82) is 0 Å². The predicted octanol–water partition coefficient (Wildman–Crippen LogP) is 4.29. The third-order valence-electron chi connectivity index (χ3n) is 6.26. The highest BCUT2D eigenvalue weighted by molar-refractivity contribution is 6.08. The van der Waals surface area contributed by atoms with Crippen LogP contribution in [-0.4, -0.2) is 35.7 Å². The number of ether oxygens (including phenoxy) is 2. The summed E-state index contributed by atoms with van der Waals surface area (Å²) in [6.07, 6.45) is 1.41. The Kier molecular flexibility index (Phi) is 5.50. The average molecular weight is 443 g/mol. The summed E-state index contributed by atoms with van der Waals surface area (Å²) >= 11 is 0. The smallest absolute Gasteiger partial charge is 0.307 e. The molecule has 0 saturated heterocycles. The summed E-state index contributed by atoms with van der Waals surface area (Å²) in [6, 6.07) is 20.6. The molecule has 2 atom stereocenters. The third kappa shape index (κ3) is 4.16. The second-order valence-corrected chi connectivity index (χ2v) is 8.60. The molecular formula is C27H25NO5. The van der Waals surface area contributed by atoms with Crippen molar-refractivity contribution in [2.75, 3.05) is 11.5 Å². The van der Waals surface area contributed by atoms with E-state index in [1.165, 1.54) is 5.56 Å². The molecule has 2 heterocycles. The first-order valence-corrected chi connectivity index (χ1v) is 11.1. The molecule has 1 unspecified atom stereocenters. The van der Waals surface area contributed by atoms with Gasteiger partial charge in [-0.25, -0.2) is 0 Å². The highest BCUT2D eigenvalue weighted by atomic mass is 16.5. The average Bonchev–Trinajstić information content (AvgIpc) is 3.38. The van der Waals surface area contributed by atoms with Crippen molar-refractivity contribution in [1.82, 2.24) is 0 Å². The van der Waals surface area contributed by atoms with Crippen LogP contribution >= 0.6 is 0 Å². The van der Waals surface area contributed by atoms with Crippen molar-refractivity contribution in [3.63, 3.8) is 0 Å². The number of carboxylic acid groups (broad SMARTS) is 1. The SMILES string of the molecule is CC1Cc2c(CC(=O)O)cccc2N1C(=O)c1ccc(OC[C@H]2Cc3ccccc3O2)cc1. The summed E-state index contributed by atoms with van der Waals surface area (Å²) < 4.78 is 11.8. The van der Waals surface area contributed by atoms with Crippen molar-refractivity contribution in [3.05, 3.63) is 89.0 Å². The first-order valence-electron chi connectivity index (χ1n) is 11.1. The fourth-order valence-corrected chi connectivity index (χ4v) is 4.71. The van der Waals surface area contributed by atoms with E-state index in [0.29, 0.717) is 24.3 Å². The van der Waals surface area contributed by atoms with Gasteiger partial charge in [0.05, 0.1) is 6.42 Å². The lowest BCUT2D eigenvalue weighted by Gasteiger charge is -2.23. The van der Waals surface area contributed by atoms with Crippen LogP contribution in [0.3, 0.4) is 0 Å². The topological polar surface area (TPSA) is 76.1 Å². The van der Waals surface area contributed by atoms with E-state index in [0.717, 1.165) is 29.0 Å². The van der Waals surface area contributed by atoms with Crippen molar-refractivity contribution < 1.29 is 24.2 Å². The molecule has 0 saturated carbocycles. The number of fused-ring (bicyclic) bond motifs is 2. The zero-order valence-corrected chi connectivity index (χ0v) is 18.4. The number of anilines is 1. The van der Waals surface area contributed by atoms with Crippen molar-refractivity contribution in [2.45, 2.75) is 38.3 Å². The summed E-state index contributed by atoms with van der Waals surface area (Å²) in [7, 11) is 0. The molecule has 2 aliphatic heterocycles. The largest absolute Gasteiger partial charge is 0.490 e. The molecule has 3 aromatic rings. The second kappa shape index (κ2) is 8.62. The fourth-order valence-electron chi connectivity index (χ4n) is 4.71. The summed E-state index contributed by atoms with van der Waals surface area (Å²) in [4.78, 5) is 26.3. The molecule has 0 fully saturated rings. The van der Waals surface area contributed by atoms with Crippen molar-refractivity contribution in [2.24, 2.45) is 0 Å². The van der Waals surface area contributed by atoms with Gasteiger partial charge in [-0.05, 0) is 66.4 Å². The van der Waals surface area contributed by atoms with Gasteiger partial charge in [0.25, 0.3) is 5.91 Å². The molecule has 5 rings (SSSR count). The van der Waals surface area contributed by atoms with E-state index in [-0.39, 0.29) is 24.5 Å². The molecule has 0 radical (unpaired) electrons. The lowest BCUT2D eigenvalue weighted by molar-refractivity contribution is -0.136. The maximum absolute atomic E-state index is 13.3. The maximum Gasteiger partial charge on any atom is 0.307 e. The van der Waals surface area contributed by atoms with Gasteiger partial charge in [-0.1, -0.05) is 30.3 Å². The summed E-state index contributed by atoms with van der Waals surface area (Å²) in [6.45, 7) is 2.42. The van der Waals surface area contributed by atoms with E-state index in [9.17, 15) is 14.7 Å². The number of para-hydroxylation sites is 1. The first-order chi connectivity index (χ1) is 16.0. The van der Waals surface area contributed by atoms with E-state index in [1.54, 1.807) is 29.2 Å². The van der Waals surface area contributed by atoms with Gasteiger partial charge in [-0.15, -0.1) is 0 Å². The molecular weight excluding hydrogens is 418 g/mol. The number of nitrogens with zero attached hydrogens (tertiary/aromatic N) is 1. The van der Waals surface area contributed by atoms with Crippen molar-refractivity contribution in [3.8, 4) is 11.5 Å². The maximum atomic E-state index is 13.3. The number of hydrogen-bond acceptors (Lipinski definition) is 4. The second-order valence-electron chi connectivity index (χ2n) is 8.60. The van der Waals surface area contributed by atoms with E-state index in [1.807, 2.05) is 43.3 Å². The minimum absolute atomic E-state index is 0.0225. The fraction of sp³-hybridized carbons (Fsp3) is 0.259. The molecule has 0 aliphatic carbocycles. The summed E-state index contributed by atoms with van der Waals surface area (Å²) in [5.74, 6) is 0.626. The van der Waals surface area contributed by atoms with Crippen LogP contribution in [0.2, 0.25) is 0 Å². The van der Waals surface area contributed by atoms with E-state index < -0.39 is 5.97 Å². The normalized spacial score (nSPS) is 18.4. The van der Waals surface area contributed by atoms with Gasteiger partial charge in [-0.2, -0.15) is 0 Å². The predicted molar refractivity (Wildman–Crippen MR) is 124 cm³/mol. The number of benzene rings is 3. The number of hydrogen-bond donors (Lipinski definition) is 1. The van der Waals surface area contributed by atoms with E-state index in [2.05, 4.69) is 6.07 Å². The standard InChI is InChI=1S/C27H25NO5/c1-17-13-23-19(15-26(29)30)6-4-7-24(23)28(17)27(31)18-9-11-21(12-10-18)32-16-22-14-20-5-2-3-8-25(20)33-22/h2-12,17,22H,13-16H2,1H3,(H,29,30)/t17?,22-/m1/s1. The van der Waals surface area contributed by atoms with Crippen LogP contribution in [0, 0.1) is 0 Å². The molecule has 6 nitrogen and oxygen atoms in total. The monoisotopic (exact) mass is 443 g/mol. The first kappa shape index (κ1) is 21.1. The summed E-state index contributed by atoms with van der Waals surface area (Å²) in [5, 5.41) is 9.20. The number of carboxylic acids is 1. The van der Waals surface area contributed by atoms with Gasteiger partial charge in [0.1, 0.15) is 24.2 Å². The Labute approximate surface area is 192 Å². The number of rotatable bonds is 6. The third-order valence-corrected chi connectivity index (χ3v) is 6.26. The van der Waals surface area contributed by atoms with Crippen LogP contribution in [0.25, 0.3) is 0 Å². The number of aliphatic carboxylic acids is 1. The number of amides is 1. The van der Waals surface area contributed by atoms with Gasteiger partial charge in [0.2, 0.25) is 0 Å². The Morgan fingerprint density at radius 3 is 2.58 bits per heavy atom. The molecule has 6 heteroatoms. The van der Waals surface area contributed by atoms with E-state index >= 15 is 0 Å². The Morgan fingerprint density at radius 2 is 1.82 bits per heavy atom. The molecule has 1 N–H and O–H groups in total. The van der Waals surface area contributed by atoms with Crippen LogP contribution in [0.15, 0.2) is 66.7 Å². The van der Waals surface area contributed by atoms with Crippen LogP contribution < -0.4 is 14.4 Å². The minimum atomic E-state index is -0.872. The van der Waals surface area contributed by atoms with Crippen LogP contribution in [0.4, 0.5) is 5.69 Å². The Balaban J connectivity index is 1.26. The Hall–Kier alpha value is -3.80. The Morgan fingerprint density at radius 1 is 1.03 bits per heavy atom. The quantitative estimate of drug-likeness (QED) is 0.615. The van der Waals surface area contributed by atoms with Crippen LogP contribution in [-0.2, 0) is 24.1 Å². The zero-order valence-electron chi connectivity index (χ0n) is 18.4. The van der Waals surface area contributed by atoms with Gasteiger partial charge < -0.3 is 19.5 Å². The zero-order chi connectivity index (χ0) is 22.9. The number of carbonyl (C=O) groups is 2. The lowest BCUT2D eigenvalue weighted by Crippen LogP contribution is -2.35. The van der Waals surface area contributed by atoms with Crippen molar-refractivity contribution >= 4 is 17.6 Å². The molecule has 1 amide bonds. The lowest BCUT2D eigenvalue weighted by atomic mass is 10.0. The molecule has 33 heavy (non-hydrogen) atoms. The van der Waals surface area contributed by atoms with E-state index in [4.69, 9.17) is 9.47 Å². The molecule has 168 valence electrons. The number of carbonyl (C=O) groups excluding carboxylic acids is 1. The summed E-state index contributed by atoms with van der Waals surface area (Å²) in [5.41, 5.74) is 4.26. The molecule has 0 spiro atoms. The van der Waals surface area contributed by atoms with Crippen LogP contribution in [0.1, 0.15) is 34.0 Å². The minimum Gasteiger partial charge on any atom is -0.490 e. The molecule has 0 aromatic heterocycles. The van der Waals surface area contributed by atoms with Gasteiger partial charge in [0, 0.05) is 23.7 Å². The highest BCUT2D eigenvalue weighted by Gasteiger charge is 2.33. The van der Waals surface area contributed by atoms with Gasteiger partial charge in [-0.3, -0.25) is 9.59 Å². The van der Waals surface area contributed by atoms with Crippen LogP contribution in [0.5, 0.6) is 11.5 Å². The molecule has 2 aliphatic rings. The molecule has 0 bridgehead atoms. The highest BCUT2D eigenvalue weighted by Crippen LogP contribution is 2.36. The van der Waals surface area contributed by atoms with Gasteiger partial charge in [0.15, 0.2) is 0 Å². The molecule has 3 aromatic carbocycles. The van der Waals surface area contributed by atoms with Gasteiger partial charge >= 0.3 is 5.97 Å². The Bertz CT molecular complexity index is 1180.